The quantitative estimate of drug-likeness (QED) is 0.857. The second kappa shape index (κ2) is 4.46. The molecule has 0 radical (unpaired) electrons. The molecule has 1 saturated carbocycles. The van der Waals surface area contributed by atoms with Crippen molar-refractivity contribution in [1.82, 2.24) is 10.3 Å². The van der Waals surface area contributed by atoms with Gasteiger partial charge in [0.2, 0.25) is 0 Å². The summed E-state index contributed by atoms with van der Waals surface area (Å²) in [6, 6.07) is 5.56. The lowest BCUT2D eigenvalue weighted by atomic mass is 9.64. The molecule has 3 rings (SSSR count). The summed E-state index contributed by atoms with van der Waals surface area (Å²) < 4.78 is 5.50. The molecule has 4 heteroatoms. The molecule has 1 fully saturated rings. The summed E-state index contributed by atoms with van der Waals surface area (Å²) in [7, 11) is 1.90. The summed E-state index contributed by atoms with van der Waals surface area (Å²) >= 11 is 0. The molecule has 4 nitrogen and oxygen atoms in total. The highest BCUT2D eigenvalue weighted by Gasteiger charge is 2.43. The number of carbonyl (C=O) groups excluding carboxylic acids is 1. The van der Waals surface area contributed by atoms with Gasteiger partial charge in [0.15, 0.2) is 17.3 Å². The van der Waals surface area contributed by atoms with Crippen LogP contribution >= 0.6 is 0 Å². The van der Waals surface area contributed by atoms with Crippen LogP contribution in [0.25, 0.3) is 11.1 Å². The highest BCUT2D eigenvalue weighted by molar-refractivity contribution is 6.03. The average Bonchev–Trinajstić information content (AvgIpc) is 2.72. The molecular weight excluding hydrogens is 240 g/mol. The SMILES string of the molecule is CNCC1(C(=O)c2ccc3nc(C)oc3c2)CCC1. The molecule has 1 N–H and O–H groups in total. The number of fused-ring (bicyclic) bond motifs is 1. The Labute approximate surface area is 112 Å². The van der Waals surface area contributed by atoms with Gasteiger partial charge in [0, 0.05) is 24.4 Å². The van der Waals surface area contributed by atoms with Gasteiger partial charge in [0.1, 0.15) is 5.52 Å². The first-order valence-electron chi connectivity index (χ1n) is 6.71. The van der Waals surface area contributed by atoms with E-state index < -0.39 is 0 Å². The van der Waals surface area contributed by atoms with Gasteiger partial charge < -0.3 is 9.73 Å². The Morgan fingerprint density at radius 1 is 1.47 bits per heavy atom. The smallest absolute Gasteiger partial charge is 0.192 e. The molecular formula is C15H18N2O2. The maximum Gasteiger partial charge on any atom is 0.192 e. The number of nitrogens with zero attached hydrogens (tertiary/aromatic N) is 1. The van der Waals surface area contributed by atoms with Crippen molar-refractivity contribution >= 4 is 16.9 Å². The zero-order valence-electron chi connectivity index (χ0n) is 11.3. The number of hydrogen-bond acceptors (Lipinski definition) is 4. The highest BCUT2D eigenvalue weighted by Crippen LogP contribution is 2.43. The Balaban J connectivity index is 1.96. The predicted octanol–water partition coefficient (Wildman–Crippen LogP) is 2.71. The van der Waals surface area contributed by atoms with Crippen LogP contribution in [-0.2, 0) is 0 Å². The van der Waals surface area contributed by atoms with Crippen molar-refractivity contribution in [3.63, 3.8) is 0 Å². The molecule has 1 aliphatic rings. The van der Waals surface area contributed by atoms with Crippen LogP contribution in [0.15, 0.2) is 22.6 Å². The summed E-state index contributed by atoms with van der Waals surface area (Å²) in [5.41, 5.74) is 2.03. The van der Waals surface area contributed by atoms with E-state index in [0.717, 1.165) is 36.9 Å². The summed E-state index contributed by atoms with van der Waals surface area (Å²) in [5.74, 6) is 0.859. The van der Waals surface area contributed by atoms with Gasteiger partial charge in [-0.2, -0.15) is 0 Å². The topological polar surface area (TPSA) is 55.1 Å². The average molecular weight is 258 g/mol. The fraction of sp³-hybridized carbons (Fsp3) is 0.467. The Morgan fingerprint density at radius 3 is 2.89 bits per heavy atom. The normalized spacial score (nSPS) is 17.4. The van der Waals surface area contributed by atoms with E-state index in [-0.39, 0.29) is 11.2 Å². The van der Waals surface area contributed by atoms with E-state index in [1.807, 2.05) is 32.2 Å². The van der Waals surface area contributed by atoms with Crippen LogP contribution < -0.4 is 5.32 Å². The van der Waals surface area contributed by atoms with E-state index in [4.69, 9.17) is 4.42 Å². The number of rotatable bonds is 4. The van der Waals surface area contributed by atoms with E-state index in [1.165, 1.54) is 0 Å². The van der Waals surface area contributed by atoms with E-state index >= 15 is 0 Å². The molecule has 0 aliphatic heterocycles. The molecule has 0 spiro atoms. The van der Waals surface area contributed by atoms with Gasteiger partial charge in [0.05, 0.1) is 0 Å². The fourth-order valence-corrected chi connectivity index (χ4v) is 2.91. The predicted molar refractivity (Wildman–Crippen MR) is 73.3 cm³/mol. The Bertz CT molecular complexity index is 626. The van der Waals surface area contributed by atoms with Gasteiger partial charge in [0.25, 0.3) is 0 Å². The van der Waals surface area contributed by atoms with E-state index in [1.54, 1.807) is 0 Å². The second-order valence-corrected chi connectivity index (χ2v) is 5.41. The first kappa shape index (κ1) is 12.4. The monoisotopic (exact) mass is 258 g/mol. The van der Waals surface area contributed by atoms with Gasteiger partial charge >= 0.3 is 0 Å². The van der Waals surface area contributed by atoms with Crippen molar-refractivity contribution < 1.29 is 9.21 Å². The number of aromatic nitrogens is 1. The summed E-state index contributed by atoms with van der Waals surface area (Å²) in [6.07, 6.45) is 3.08. The lowest BCUT2D eigenvalue weighted by Crippen LogP contribution is -2.45. The molecule has 0 saturated heterocycles. The zero-order valence-corrected chi connectivity index (χ0v) is 11.3. The second-order valence-electron chi connectivity index (χ2n) is 5.41. The maximum absolute atomic E-state index is 12.7. The number of nitrogens with one attached hydrogen (secondary N) is 1. The Morgan fingerprint density at radius 2 is 2.26 bits per heavy atom. The minimum atomic E-state index is -0.211. The number of oxazole rings is 1. The third-order valence-electron chi connectivity index (χ3n) is 4.07. The fourth-order valence-electron chi connectivity index (χ4n) is 2.91. The molecule has 19 heavy (non-hydrogen) atoms. The van der Waals surface area contributed by atoms with Gasteiger partial charge in [-0.15, -0.1) is 0 Å². The first-order chi connectivity index (χ1) is 9.14. The largest absolute Gasteiger partial charge is 0.441 e. The van der Waals surface area contributed by atoms with Gasteiger partial charge in [-0.3, -0.25) is 4.79 Å². The van der Waals surface area contributed by atoms with Crippen LogP contribution in [0, 0.1) is 12.3 Å². The molecule has 0 atom stereocenters. The number of aryl methyl sites for hydroxylation is 1. The van der Waals surface area contributed by atoms with E-state index in [2.05, 4.69) is 10.3 Å². The minimum Gasteiger partial charge on any atom is -0.441 e. The van der Waals surface area contributed by atoms with Crippen molar-refractivity contribution in [3.8, 4) is 0 Å². The molecule has 1 aliphatic carbocycles. The van der Waals surface area contributed by atoms with Gasteiger partial charge in [-0.25, -0.2) is 4.98 Å². The molecule has 100 valence electrons. The standard InChI is InChI=1S/C15H18N2O2/c1-10-17-12-5-4-11(8-13(12)19-10)14(18)15(9-16-2)6-3-7-15/h4-5,8,16H,3,6-7,9H2,1-2H3. The van der Waals surface area contributed by atoms with Crippen LogP contribution in [-0.4, -0.2) is 24.4 Å². The lowest BCUT2D eigenvalue weighted by Gasteiger charge is -2.40. The zero-order chi connectivity index (χ0) is 13.5. The molecule has 1 aromatic heterocycles. The summed E-state index contributed by atoms with van der Waals surface area (Å²) in [6.45, 7) is 2.56. The third kappa shape index (κ3) is 1.96. The molecule has 0 amide bonds. The van der Waals surface area contributed by atoms with Crippen LogP contribution in [0.1, 0.15) is 35.5 Å². The molecule has 0 unspecified atom stereocenters. The van der Waals surface area contributed by atoms with Crippen LogP contribution in [0.5, 0.6) is 0 Å². The first-order valence-corrected chi connectivity index (χ1v) is 6.71. The number of benzene rings is 1. The van der Waals surface area contributed by atoms with E-state index in [9.17, 15) is 4.79 Å². The van der Waals surface area contributed by atoms with Crippen LogP contribution in [0.4, 0.5) is 0 Å². The lowest BCUT2D eigenvalue weighted by molar-refractivity contribution is 0.0614. The summed E-state index contributed by atoms with van der Waals surface area (Å²) in [5, 5.41) is 3.15. The van der Waals surface area contributed by atoms with E-state index in [0.29, 0.717) is 11.5 Å². The Hall–Kier alpha value is -1.68. The van der Waals surface area contributed by atoms with Crippen LogP contribution in [0.2, 0.25) is 0 Å². The third-order valence-corrected chi connectivity index (χ3v) is 4.07. The maximum atomic E-state index is 12.7. The summed E-state index contributed by atoms with van der Waals surface area (Å²) in [4.78, 5) is 16.9. The molecule has 2 aromatic rings. The van der Waals surface area contributed by atoms with Gasteiger partial charge in [-0.1, -0.05) is 6.42 Å². The number of Topliss-reactive ketones (excluding diaryl/α,β-unsaturated/α-hetero) is 1. The molecule has 1 heterocycles. The number of carbonyl (C=O) groups is 1. The minimum absolute atomic E-state index is 0.211. The highest BCUT2D eigenvalue weighted by atomic mass is 16.3. The van der Waals surface area contributed by atoms with Gasteiger partial charge in [-0.05, 0) is 38.1 Å². The van der Waals surface area contributed by atoms with Crippen molar-refractivity contribution in [2.24, 2.45) is 5.41 Å². The number of ketones is 1. The molecule has 1 aromatic carbocycles. The van der Waals surface area contributed by atoms with Crippen molar-refractivity contribution in [2.75, 3.05) is 13.6 Å². The van der Waals surface area contributed by atoms with Crippen molar-refractivity contribution in [1.29, 1.82) is 0 Å². The van der Waals surface area contributed by atoms with Crippen molar-refractivity contribution in [2.45, 2.75) is 26.2 Å². The van der Waals surface area contributed by atoms with Crippen LogP contribution in [0.3, 0.4) is 0 Å². The Kier molecular flexibility index (Phi) is 2.90. The number of hydrogen-bond donors (Lipinski definition) is 1. The molecule has 0 bridgehead atoms. The van der Waals surface area contributed by atoms with Crippen molar-refractivity contribution in [3.05, 3.63) is 29.7 Å².